The van der Waals surface area contributed by atoms with Crippen LogP contribution in [0.25, 0.3) is 33.7 Å². The summed E-state index contributed by atoms with van der Waals surface area (Å²) in [5.41, 5.74) is 3.88. The molecule has 8 nitrogen and oxygen atoms in total. The van der Waals surface area contributed by atoms with Crippen molar-refractivity contribution in [2.24, 2.45) is 0 Å². The molecule has 1 aromatic carbocycles. The van der Waals surface area contributed by atoms with Gasteiger partial charge in [0.1, 0.15) is 17.2 Å². The number of aromatic nitrogens is 5. The number of carbonyl (C=O) groups excluding carboxylic acids is 1. The molecule has 0 aliphatic heterocycles. The Morgan fingerprint density at radius 1 is 1.05 bits per heavy atom. The first-order valence-electron chi connectivity index (χ1n) is 11.6. The molecular formula is C27H21F3N6O2. The molecule has 4 aromatic heterocycles. The van der Waals surface area contributed by atoms with Crippen molar-refractivity contribution in [3.8, 4) is 28.4 Å². The predicted octanol–water partition coefficient (Wildman–Crippen LogP) is 5.61. The molecule has 192 valence electrons. The van der Waals surface area contributed by atoms with Crippen molar-refractivity contribution in [2.45, 2.75) is 18.8 Å². The van der Waals surface area contributed by atoms with Gasteiger partial charge in [0.15, 0.2) is 5.65 Å². The average Bonchev–Trinajstić information content (AvgIpc) is 3.31. The van der Waals surface area contributed by atoms with E-state index in [0.29, 0.717) is 39.6 Å². The van der Waals surface area contributed by atoms with Gasteiger partial charge in [0.05, 0.1) is 36.2 Å². The van der Waals surface area contributed by atoms with Crippen LogP contribution >= 0.6 is 0 Å². The number of ether oxygens (including phenoxy) is 1. The van der Waals surface area contributed by atoms with E-state index in [0.717, 1.165) is 12.1 Å². The quantitative estimate of drug-likeness (QED) is 0.277. The molecular weight excluding hydrogens is 497 g/mol. The molecule has 0 spiro atoms. The summed E-state index contributed by atoms with van der Waals surface area (Å²) in [6.07, 6.45) is 1.19. The maximum Gasteiger partial charge on any atom is 0.239 e. The second kappa shape index (κ2) is 10.7. The van der Waals surface area contributed by atoms with Gasteiger partial charge in [0, 0.05) is 24.4 Å². The van der Waals surface area contributed by atoms with Crippen molar-refractivity contribution in [1.29, 1.82) is 0 Å². The van der Waals surface area contributed by atoms with Crippen molar-refractivity contribution < 1.29 is 22.7 Å². The van der Waals surface area contributed by atoms with E-state index in [9.17, 15) is 18.0 Å². The fourth-order valence-electron chi connectivity index (χ4n) is 4.15. The summed E-state index contributed by atoms with van der Waals surface area (Å²) < 4.78 is 45.1. The standard InChI is InChI=1S/C27H21F3N6O2/c1-38-22-14-33-25-23(19-4-2-3-10-31-19)24(36-26(25)35-22)16-9-11-32-21(12-16)34-27(37)18(13-20(29)30)15-5-7-17(28)8-6-15/h2-12,14,18,20H,13H2,1H3,(H,35,36)(H,32,34,37)/t18-/m0/s1. The smallest absolute Gasteiger partial charge is 0.239 e. The molecule has 0 bridgehead atoms. The number of amides is 1. The van der Waals surface area contributed by atoms with Crippen LogP contribution in [0.5, 0.6) is 5.88 Å². The monoisotopic (exact) mass is 518 g/mol. The van der Waals surface area contributed by atoms with Crippen molar-refractivity contribution in [3.63, 3.8) is 0 Å². The van der Waals surface area contributed by atoms with Crippen molar-refractivity contribution in [2.75, 3.05) is 12.4 Å². The third kappa shape index (κ3) is 5.17. The number of rotatable bonds is 8. The first kappa shape index (κ1) is 24.9. The lowest BCUT2D eigenvalue weighted by molar-refractivity contribution is -0.118. The Morgan fingerprint density at radius 3 is 2.58 bits per heavy atom. The lowest BCUT2D eigenvalue weighted by atomic mass is 9.95. The number of carbonyl (C=O) groups is 1. The van der Waals surface area contributed by atoms with Gasteiger partial charge in [0.25, 0.3) is 0 Å². The molecule has 0 aliphatic rings. The highest BCUT2D eigenvalue weighted by Gasteiger charge is 2.26. The van der Waals surface area contributed by atoms with Gasteiger partial charge in [-0.2, -0.15) is 4.98 Å². The summed E-state index contributed by atoms with van der Waals surface area (Å²) >= 11 is 0. The Labute approximate surface area is 215 Å². The topological polar surface area (TPSA) is 106 Å². The third-order valence-corrected chi connectivity index (χ3v) is 5.91. The van der Waals surface area contributed by atoms with Crippen LogP contribution in [0.1, 0.15) is 17.9 Å². The zero-order valence-corrected chi connectivity index (χ0v) is 20.0. The number of nitrogens with zero attached hydrogens (tertiary/aromatic N) is 4. The first-order chi connectivity index (χ1) is 18.4. The maximum atomic E-state index is 13.4. The average molecular weight is 518 g/mol. The molecule has 0 fully saturated rings. The number of aromatic amines is 1. The van der Waals surface area contributed by atoms with Gasteiger partial charge in [-0.15, -0.1) is 0 Å². The lowest BCUT2D eigenvalue weighted by Gasteiger charge is -2.17. The largest absolute Gasteiger partial charge is 0.480 e. The minimum Gasteiger partial charge on any atom is -0.480 e. The third-order valence-electron chi connectivity index (χ3n) is 5.91. The summed E-state index contributed by atoms with van der Waals surface area (Å²) in [5, 5.41) is 2.62. The molecule has 0 saturated carbocycles. The van der Waals surface area contributed by atoms with E-state index in [1.165, 1.54) is 31.6 Å². The molecule has 0 saturated heterocycles. The van der Waals surface area contributed by atoms with E-state index in [2.05, 4.69) is 30.2 Å². The predicted molar refractivity (Wildman–Crippen MR) is 135 cm³/mol. The highest BCUT2D eigenvalue weighted by atomic mass is 19.3. The molecule has 5 rings (SSSR count). The van der Waals surface area contributed by atoms with Gasteiger partial charge in [-0.25, -0.2) is 23.1 Å². The Bertz CT molecular complexity index is 1580. The van der Waals surface area contributed by atoms with Crippen molar-refractivity contribution in [3.05, 3.63) is 84.6 Å². The number of nitrogens with one attached hydrogen (secondary N) is 2. The normalized spacial score (nSPS) is 12.0. The van der Waals surface area contributed by atoms with E-state index in [1.54, 1.807) is 24.4 Å². The number of hydrogen-bond donors (Lipinski definition) is 2. The fraction of sp³-hybridized carbons (Fsp3) is 0.148. The Morgan fingerprint density at radius 2 is 1.87 bits per heavy atom. The summed E-state index contributed by atoms with van der Waals surface area (Å²) in [5.74, 6) is -1.93. The van der Waals surface area contributed by atoms with Gasteiger partial charge in [-0.3, -0.25) is 9.78 Å². The lowest BCUT2D eigenvalue weighted by Crippen LogP contribution is -2.23. The van der Waals surface area contributed by atoms with Crippen molar-refractivity contribution in [1.82, 2.24) is 24.9 Å². The summed E-state index contributed by atoms with van der Waals surface area (Å²) in [6, 6.07) is 13.7. The SMILES string of the molecule is COc1cnc2c(-c3ccccn3)c(-c3ccnc(NC(=O)[C@@H](CC(F)F)c4ccc(F)cc4)c3)[nH]c2n1. The summed E-state index contributed by atoms with van der Waals surface area (Å²) in [6.45, 7) is 0. The number of anilines is 1. The molecule has 5 aromatic rings. The van der Waals surface area contributed by atoms with Crippen LogP contribution in [0.4, 0.5) is 19.0 Å². The van der Waals surface area contributed by atoms with Crippen LogP contribution in [-0.2, 0) is 4.79 Å². The van der Waals surface area contributed by atoms with E-state index in [1.807, 2.05) is 12.1 Å². The maximum absolute atomic E-state index is 13.4. The van der Waals surface area contributed by atoms with Crippen LogP contribution in [0.2, 0.25) is 0 Å². The van der Waals surface area contributed by atoms with Gasteiger partial charge in [-0.05, 0) is 42.0 Å². The number of fused-ring (bicyclic) bond motifs is 1. The molecule has 1 amide bonds. The Kier molecular flexibility index (Phi) is 6.98. The van der Waals surface area contributed by atoms with Crippen molar-refractivity contribution >= 4 is 22.9 Å². The molecule has 0 radical (unpaired) electrons. The number of alkyl halides is 2. The van der Waals surface area contributed by atoms with Gasteiger partial charge in [0.2, 0.25) is 18.2 Å². The second-order valence-corrected chi connectivity index (χ2v) is 8.35. The molecule has 4 heterocycles. The molecule has 11 heteroatoms. The van der Waals surface area contributed by atoms with E-state index in [4.69, 9.17) is 4.74 Å². The number of hydrogen-bond acceptors (Lipinski definition) is 6. The second-order valence-electron chi connectivity index (χ2n) is 8.35. The van der Waals surface area contributed by atoms with Crippen LogP contribution in [0.3, 0.4) is 0 Å². The van der Waals surface area contributed by atoms with E-state index in [-0.39, 0.29) is 11.4 Å². The Balaban J connectivity index is 1.52. The van der Waals surface area contributed by atoms with E-state index < -0.39 is 30.5 Å². The van der Waals surface area contributed by atoms with Gasteiger partial charge < -0.3 is 15.0 Å². The Hall–Kier alpha value is -4.80. The van der Waals surface area contributed by atoms with E-state index >= 15 is 0 Å². The fourth-order valence-corrected chi connectivity index (χ4v) is 4.15. The number of pyridine rings is 2. The molecule has 38 heavy (non-hydrogen) atoms. The first-order valence-corrected chi connectivity index (χ1v) is 11.6. The summed E-state index contributed by atoms with van der Waals surface area (Å²) in [4.78, 5) is 33.9. The van der Waals surface area contributed by atoms with Crippen LogP contribution in [0, 0.1) is 5.82 Å². The number of benzene rings is 1. The number of methoxy groups -OCH3 is 1. The van der Waals surface area contributed by atoms with Crippen LogP contribution in [-0.4, -0.2) is 44.4 Å². The molecule has 2 N–H and O–H groups in total. The summed E-state index contributed by atoms with van der Waals surface area (Å²) in [7, 11) is 1.49. The van der Waals surface area contributed by atoms with Crippen LogP contribution < -0.4 is 10.1 Å². The molecule has 0 aliphatic carbocycles. The van der Waals surface area contributed by atoms with Gasteiger partial charge >= 0.3 is 0 Å². The highest BCUT2D eigenvalue weighted by molar-refractivity contribution is 6.00. The number of H-pyrrole nitrogens is 1. The zero-order chi connectivity index (χ0) is 26.6. The minimum atomic E-state index is -2.74. The van der Waals surface area contributed by atoms with Gasteiger partial charge in [-0.1, -0.05) is 18.2 Å². The molecule has 0 unspecified atom stereocenters. The molecule has 1 atom stereocenters. The minimum absolute atomic E-state index is 0.151. The zero-order valence-electron chi connectivity index (χ0n) is 20.0. The number of halogens is 3. The highest BCUT2D eigenvalue weighted by Crippen LogP contribution is 2.37. The van der Waals surface area contributed by atoms with Crippen LogP contribution in [0.15, 0.2) is 73.2 Å².